The molecule has 1 amide bonds. The van der Waals surface area contributed by atoms with Gasteiger partial charge >= 0.3 is 0 Å². The van der Waals surface area contributed by atoms with E-state index in [0.717, 1.165) is 30.1 Å². The zero-order valence-corrected chi connectivity index (χ0v) is 12.8. The number of benzene rings is 1. The Morgan fingerprint density at radius 3 is 2.50 bits per heavy atom. The number of amides is 1. The van der Waals surface area contributed by atoms with Crippen LogP contribution in [0.4, 0.5) is 5.69 Å². The molecule has 0 heterocycles. The third kappa shape index (κ3) is 5.83. The van der Waals surface area contributed by atoms with Gasteiger partial charge in [-0.15, -0.1) is 12.4 Å². The van der Waals surface area contributed by atoms with Gasteiger partial charge in [0.2, 0.25) is 5.91 Å². The van der Waals surface area contributed by atoms with E-state index in [2.05, 4.69) is 5.32 Å². The predicted octanol–water partition coefficient (Wildman–Crippen LogP) is 3.32. The van der Waals surface area contributed by atoms with Crippen LogP contribution >= 0.6 is 12.4 Å². The fourth-order valence-corrected chi connectivity index (χ4v) is 2.80. The van der Waals surface area contributed by atoms with Crippen LogP contribution in [0.3, 0.4) is 0 Å². The lowest BCUT2D eigenvalue weighted by Crippen LogP contribution is -2.26. The number of nitrogens with two attached hydrogens (primary N) is 1. The van der Waals surface area contributed by atoms with Crippen molar-refractivity contribution >= 4 is 24.0 Å². The summed E-state index contributed by atoms with van der Waals surface area (Å²) in [5.74, 6) is 1.02. The number of nitrogens with one attached hydrogen (secondary N) is 1. The van der Waals surface area contributed by atoms with E-state index in [-0.39, 0.29) is 18.3 Å². The minimum absolute atomic E-state index is 0. The number of hydrogen-bond donors (Lipinski definition) is 2. The van der Waals surface area contributed by atoms with Crippen molar-refractivity contribution in [3.63, 3.8) is 0 Å². The highest BCUT2D eigenvalue weighted by Gasteiger charge is 2.14. The number of anilines is 1. The molecule has 0 aromatic heterocycles. The molecule has 1 aliphatic rings. The second-order valence-corrected chi connectivity index (χ2v) is 5.56. The Kier molecular flexibility index (Phi) is 7.45. The van der Waals surface area contributed by atoms with Crippen LogP contribution in [0.25, 0.3) is 0 Å². The largest absolute Gasteiger partial charge is 0.399 e. The van der Waals surface area contributed by atoms with Gasteiger partial charge in [-0.1, -0.05) is 37.8 Å². The van der Waals surface area contributed by atoms with Gasteiger partial charge in [0.15, 0.2) is 0 Å². The van der Waals surface area contributed by atoms with Gasteiger partial charge in [-0.05, 0) is 36.5 Å². The quantitative estimate of drug-likeness (QED) is 0.625. The lowest BCUT2D eigenvalue weighted by Gasteiger charge is -2.09. The van der Waals surface area contributed by atoms with Crippen molar-refractivity contribution in [2.75, 3.05) is 12.3 Å². The number of nitrogen functional groups attached to an aromatic ring is 1. The van der Waals surface area contributed by atoms with Crippen LogP contribution in [0, 0.1) is 5.92 Å². The molecule has 1 saturated carbocycles. The minimum atomic E-state index is 0. The first kappa shape index (κ1) is 16.8. The van der Waals surface area contributed by atoms with Gasteiger partial charge in [-0.25, -0.2) is 0 Å². The van der Waals surface area contributed by atoms with Crippen molar-refractivity contribution in [3.05, 3.63) is 29.8 Å². The summed E-state index contributed by atoms with van der Waals surface area (Å²) in [5, 5.41) is 3.00. The summed E-state index contributed by atoms with van der Waals surface area (Å²) in [6.07, 6.45) is 8.39. The summed E-state index contributed by atoms with van der Waals surface area (Å²) < 4.78 is 0. The van der Waals surface area contributed by atoms with Gasteiger partial charge in [0.25, 0.3) is 0 Å². The molecule has 1 aromatic carbocycles. The van der Waals surface area contributed by atoms with E-state index >= 15 is 0 Å². The molecule has 20 heavy (non-hydrogen) atoms. The summed E-state index contributed by atoms with van der Waals surface area (Å²) in [5.41, 5.74) is 7.37. The first-order valence-corrected chi connectivity index (χ1v) is 7.35. The molecule has 0 saturated heterocycles. The van der Waals surface area contributed by atoms with Crippen LogP contribution in [0.2, 0.25) is 0 Å². The fourth-order valence-electron chi connectivity index (χ4n) is 2.80. The third-order valence-electron chi connectivity index (χ3n) is 3.93. The average molecular weight is 297 g/mol. The predicted molar refractivity (Wildman–Crippen MR) is 86.0 cm³/mol. The monoisotopic (exact) mass is 296 g/mol. The number of rotatable bonds is 6. The summed E-state index contributed by atoms with van der Waals surface area (Å²) in [7, 11) is 0. The van der Waals surface area contributed by atoms with Crippen LogP contribution in [0.15, 0.2) is 24.3 Å². The molecule has 1 fully saturated rings. The molecule has 3 nitrogen and oxygen atoms in total. The molecular weight excluding hydrogens is 272 g/mol. The Morgan fingerprint density at radius 2 is 1.85 bits per heavy atom. The maximum atomic E-state index is 11.8. The van der Waals surface area contributed by atoms with Crippen LogP contribution < -0.4 is 11.1 Å². The van der Waals surface area contributed by atoms with Crippen molar-refractivity contribution in [1.29, 1.82) is 0 Å². The molecule has 112 valence electrons. The highest BCUT2D eigenvalue weighted by molar-refractivity contribution is 5.85. The van der Waals surface area contributed by atoms with E-state index < -0.39 is 0 Å². The Bertz CT molecular complexity index is 399. The van der Waals surface area contributed by atoms with Crippen molar-refractivity contribution < 1.29 is 4.79 Å². The highest BCUT2D eigenvalue weighted by atomic mass is 35.5. The van der Waals surface area contributed by atoms with Gasteiger partial charge in [-0.2, -0.15) is 0 Å². The molecule has 1 aromatic rings. The topological polar surface area (TPSA) is 55.1 Å². The van der Waals surface area contributed by atoms with E-state index in [1.165, 1.54) is 32.1 Å². The smallest absolute Gasteiger partial charge is 0.224 e. The number of carbonyl (C=O) groups excluding carboxylic acids is 1. The molecule has 0 unspecified atom stereocenters. The molecule has 0 atom stereocenters. The van der Waals surface area contributed by atoms with Crippen molar-refractivity contribution in [2.45, 2.75) is 44.9 Å². The van der Waals surface area contributed by atoms with Crippen LogP contribution in [-0.4, -0.2) is 12.5 Å². The Hall–Kier alpha value is -1.22. The van der Waals surface area contributed by atoms with E-state index in [0.29, 0.717) is 6.42 Å². The van der Waals surface area contributed by atoms with Crippen LogP contribution in [0.1, 0.15) is 44.1 Å². The first-order valence-electron chi connectivity index (χ1n) is 7.35. The molecule has 0 aliphatic heterocycles. The molecule has 0 radical (unpaired) electrons. The lowest BCUT2D eigenvalue weighted by atomic mass is 10.0. The SMILES string of the molecule is Cl.Nc1ccc(CC(=O)NCCCC2CCCC2)cc1. The zero-order valence-electron chi connectivity index (χ0n) is 11.9. The van der Waals surface area contributed by atoms with E-state index in [4.69, 9.17) is 5.73 Å². The Morgan fingerprint density at radius 1 is 1.20 bits per heavy atom. The second-order valence-electron chi connectivity index (χ2n) is 5.56. The van der Waals surface area contributed by atoms with Crippen molar-refractivity contribution in [3.8, 4) is 0 Å². The molecule has 1 aliphatic carbocycles. The van der Waals surface area contributed by atoms with Gasteiger partial charge < -0.3 is 11.1 Å². The highest BCUT2D eigenvalue weighted by Crippen LogP contribution is 2.28. The van der Waals surface area contributed by atoms with Crippen molar-refractivity contribution in [1.82, 2.24) is 5.32 Å². The fraction of sp³-hybridized carbons (Fsp3) is 0.562. The third-order valence-corrected chi connectivity index (χ3v) is 3.93. The van der Waals surface area contributed by atoms with Gasteiger partial charge in [0.05, 0.1) is 6.42 Å². The maximum Gasteiger partial charge on any atom is 0.224 e. The molecule has 0 bridgehead atoms. The molecule has 3 N–H and O–H groups in total. The summed E-state index contributed by atoms with van der Waals surface area (Å²) in [6.45, 7) is 0.810. The van der Waals surface area contributed by atoms with E-state index in [1.807, 2.05) is 24.3 Å². The zero-order chi connectivity index (χ0) is 13.5. The van der Waals surface area contributed by atoms with Crippen LogP contribution in [-0.2, 0) is 11.2 Å². The number of hydrogen-bond acceptors (Lipinski definition) is 2. The maximum absolute atomic E-state index is 11.8. The van der Waals surface area contributed by atoms with Crippen molar-refractivity contribution in [2.24, 2.45) is 5.92 Å². The minimum Gasteiger partial charge on any atom is -0.399 e. The Labute approximate surface area is 127 Å². The lowest BCUT2D eigenvalue weighted by molar-refractivity contribution is -0.120. The van der Waals surface area contributed by atoms with Crippen LogP contribution in [0.5, 0.6) is 0 Å². The Balaban J connectivity index is 0.00000200. The van der Waals surface area contributed by atoms with E-state index in [1.54, 1.807) is 0 Å². The van der Waals surface area contributed by atoms with Gasteiger partial charge in [-0.3, -0.25) is 4.79 Å². The normalized spacial score (nSPS) is 14.8. The second kappa shape index (κ2) is 8.85. The molecule has 4 heteroatoms. The number of halogens is 1. The number of carbonyl (C=O) groups is 1. The average Bonchev–Trinajstić information content (AvgIpc) is 2.91. The van der Waals surface area contributed by atoms with E-state index in [9.17, 15) is 4.79 Å². The summed E-state index contributed by atoms with van der Waals surface area (Å²) in [6, 6.07) is 7.49. The summed E-state index contributed by atoms with van der Waals surface area (Å²) in [4.78, 5) is 11.8. The molecular formula is C16H25ClN2O. The molecule has 2 rings (SSSR count). The summed E-state index contributed by atoms with van der Waals surface area (Å²) >= 11 is 0. The first-order chi connectivity index (χ1) is 9.24. The standard InChI is InChI=1S/C16H24N2O.ClH/c17-15-9-7-14(8-10-15)12-16(19)18-11-3-6-13-4-1-2-5-13;/h7-10,13H,1-6,11-12,17H2,(H,18,19);1H. The van der Waals surface area contributed by atoms with Gasteiger partial charge in [0, 0.05) is 12.2 Å². The molecule has 0 spiro atoms. The van der Waals surface area contributed by atoms with Gasteiger partial charge in [0.1, 0.15) is 0 Å².